The Bertz CT molecular complexity index is 1050. The second kappa shape index (κ2) is 8.16. The first-order valence-corrected chi connectivity index (χ1v) is 10.3. The van der Waals surface area contributed by atoms with Crippen LogP contribution in [-0.4, -0.2) is 32.7 Å². The molecule has 29 heavy (non-hydrogen) atoms. The van der Waals surface area contributed by atoms with Crippen molar-refractivity contribution in [2.24, 2.45) is 0 Å². The number of amides is 1. The van der Waals surface area contributed by atoms with Crippen LogP contribution in [0.25, 0.3) is 11.4 Å². The van der Waals surface area contributed by atoms with E-state index < -0.39 is 0 Å². The average Bonchev–Trinajstić information content (AvgIpc) is 3.34. The van der Waals surface area contributed by atoms with Gasteiger partial charge >= 0.3 is 0 Å². The van der Waals surface area contributed by atoms with E-state index in [9.17, 15) is 4.79 Å². The quantitative estimate of drug-likeness (QED) is 0.616. The molecule has 1 aromatic heterocycles. The SMILES string of the molecule is CCn1c(S[C@@H](C)C(=O)Nc2ccc3c(c2)OCO3)nnc1-c1cccc(C)c1. The van der Waals surface area contributed by atoms with E-state index >= 15 is 0 Å². The second-order valence-corrected chi connectivity index (χ2v) is 8.05. The van der Waals surface area contributed by atoms with Crippen LogP contribution in [0, 0.1) is 6.92 Å². The number of benzene rings is 2. The van der Waals surface area contributed by atoms with Gasteiger partial charge in [-0.3, -0.25) is 4.79 Å². The number of carbonyl (C=O) groups is 1. The van der Waals surface area contributed by atoms with E-state index in [0.29, 0.717) is 17.2 Å². The van der Waals surface area contributed by atoms with Gasteiger partial charge in [-0.25, -0.2) is 0 Å². The number of hydrogen-bond acceptors (Lipinski definition) is 6. The van der Waals surface area contributed by atoms with E-state index in [1.54, 1.807) is 18.2 Å². The Morgan fingerprint density at radius 1 is 1.21 bits per heavy atom. The number of anilines is 1. The Hall–Kier alpha value is -3.00. The summed E-state index contributed by atoms with van der Waals surface area (Å²) < 4.78 is 12.7. The molecule has 2 heterocycles. The zero-order valence-corrected chi connectivity index (χ0v) is 17.3. The Morgan fingerprint density at radius 3 is 2.83 bits per heavy atom. The van der Waals surface area contributed by atoms with Crippen molar-refractivity contribution in [1.82, 2.24) is 14.8 Å². The number of rotatable bonds is 6. The summed E-state index contributed by atoms with van der Waals surface area (Å²) in [4.78, 5) is 12.7. The average molecular weight is 410 g/mol. The molecule has 0 saturated heterocycles. The third-order valence-electron chi connectivity index (χ3n) is 4.60. The van der Waals surface area contributed by atoms with Crippen LogP contribution >= 0.6 is 11.8 Å². The maximum Gasteiger partial charge on any atom is 0.237 e. The molecule has 1 aliphatic heterocycles. The number of nitrogens with zero attached hydrogens (tertiary/aromatic N) is 3. The van der Waals surface area contributed by atoms with E-state index in [0.717, 1.165) is 23.1 Å². The van der Waals surface area contributed by atoms with Gasteiger partial charge in [0.25, 0.3) is 0 Å². The first-order valence-electron chi connectivity index (χ1n) is 9.42. The van der Waals surface area contributed by atoms with E-state index in [-0.39, 0.29) is 18.0 Å². The van der Waals surface area contributed by atoms with Crippen LogP contribution in [-0.2, 0) is 11.3 Å². The Balaban J connectivity index is 1.48. The zero-order chi connectivity index (χ0) is 20.4. The fourth-order valence-electron chi connectivity index (χ4n) is 3.09. The van der Waals surface area contributed by atoms with Gasteiger partial charge in [-0.15, -0.1) is 10.2 Å². The number of carbonyl (C=O) groups excluding carboxylic acids is 1. The molecule has 1 aliphatic rings. The van der Waals surface area contributed by atoms with Gasteiger partial charge in [0.2, 0.25) is 12.7 Å². The van der Waals surface area contributed by atoms with Gasteiger partial charge in [0, 0.05) is 23.9 Å². The fourth-order valence-corrected chi connectivity index (χ4v) is 4.00. The minimum Gasteiger partial charge on any atom is -0.454 e. The molecule has 1 amide bonds. The molecule has 2 aromatic carbocycles. The Kier molecular flexibility index (Phi) is 5.44. The van der Waals surface area contributed by atoms with Gasteiger partial charge in [0.1, 0.15) is 0 Å². The second-order valence-electron chi connectivity index (χ2n) is 6.74. The highest BCUT2D eigenvalue weighted by atomic mass is 32.2. The van der Waals surface area contributed by atoms with Crippen LogP contribution in [0.3, 0.4) is 0 Å². The lowest BCUT2D eigenvalue weighted by Gasteiger charge is -2.13. The van der Waals surface area contributed by atoms with Gasteiger partial charge in [0.05, 0.1) is 5.25 Å². The minimum absolute atomic E-state index is 0.114. The van der Waals surface area contributed by atoms with Crippen molar-refractivity contribution in [2.75, 3.05) is 12.1 Å². The normalized spacial score (nSPS) is 13.3. The van der Waals surface area contributed by atoms with Crippen molar-refractivity contribution < 1.29 is 14.3 Å². The monoisotopic (exact) mass is 410 g/mol. The molecule has 0 saturated carbocycles. The lowest BCUT2D eigenvalue weighted by molar-refractivity contribution is -0.115. The third-order valence-corrected chi connectivity index (χ3v) is 5.68. The highest BCUT2D eigenvalue weighted by Crippen LogP contribution is 2.34. The molecule has 3 aromatic rings. The maximum absolute atomic E-state index is 12.7. The van der Waals surface area contributed by atoms with Crippen LogP contribution < -0.4 is 14.8 Å². The molecule has 0 spiro atoms. The Morgan fingerprint density at radius 2 is 2.03 bits per heavy atom. The lowest BCUT2D eigenvalue weighted by Crippen LogP contribution is -2.22. The van der Waals surface area contributed by atoms with Crippen molar-refractivity contribution in [2.45, 2.75) is 37.7 Å². The van der Waals surface area contributed by atoms with Gasteiger partial charge in [-0.1, -0.05) is 35.5 Å². The number of fused-ring (bicyclic) bond motifs is 1. The summed E-state index contributed by atoms with van der Waals surface area (Å²) in [5.41, 5.74) is 2.85. The molecule has 0 aliphatic carbocycles. The summed E-state index contributed by atoms with van der Waals surface area (Å²) in [5.74, 6) is 2.01. The predicted molar refractivity (Wildman–Crippen MR) is 112 cm³/mol. The summed E-state index contributed by atoms with van der Waals surface area (Å²) in [6, 6.07) is 13.5. The third kappa shape index (κ3) is 4.07. The van der Waals surface area contributed by atoms with Crippen molar-refractivity contribution in [3.63, 3.8) is 0 Å². The number of thioether (sulfide) groups is 1. The first-order chi connectivity index (χ1) is 14.0. The van der Waals surface area contributed by atoms with E-state index in [1.807, 2.05) is 43.5 Å². The molecule has 0 unspecified atom stereocenters. The van der Waals surface area contributed by atoms with Crippen molar-refractivity contribution >= 4 is 23.4 Å². The van der Waals surface area contributed by atoms with Crippen LogP contribution in [0.1, 0.15) is 19.4 Å². The van der Waals surface area contributed by atoms with Crippen LogP contribution in [0.15, 0.2) is 47.6 Å². The number of nitrogens with one attached hydrogen (secondary N) is 1. The smallest absolute Gasteiger partial charge is 0.237 e. The van der Waals surface area contributed by atoms with Gasteiger partial charge in [-0.05, 0) is 39.0 Å². The summed E-state index contributed by atoms with van der Waals surface area (Å²) in [5, 5.41) is 12.0. The molecule has 0 radical (unpaired) electrons. The first kappa shape index (κ1) is 19.3. The van der Waals surface area contributed by atoms with E-state index in [2.05, 4.69) is 21.6 Å². The largest absolute Gasteiger partial charge is 0.454 e. The van der Waals surface area contributed by atoms with Crippen molar-refractivity contribution in [3.8, 4) is 22.9 Å². The number of aryl methyl sites for hydroxylation is 1. The molecule has 8 heteroatoms. The molecule has 1 atom stereocenters. The van der Waals surface area contributed by atoms with Crippen LogP contribution in [0.4, 0.5) is 5.69 Å². The maximum atomic E-state index is 12.7. The molecular weight excluding hydrogens is 388 g/mol. The van der Waals surface area contributed by atoms with E-state index in [1.165, 1.54) is 17.3 Å². The molecule has 4 rings (SSSR count). The number of hydrogen-bond donors (Lipinski definition) is 1. The standard InChI is InChI=1S/C21H22N4O3S/c1-4-25-19(15-7-5-6-13(2)10-15)23-24-21(25)29-14(3)20(26)22-16-8-9-17-18(11-16)28-12-27-17/h5-11,14H,4,12H2,1-3H3,(H,22,26)/t14-/m0/s1. The summed E-state index contributed by atoms with van der Waals surface area (Å²) in [6.07, 6.45) is 0. The Labute approximate surface area is 173 Å². The van der Waals surface area contributed by atoms with Crippen molar-refractivity contribution in [3.05, 3.63) is 48.0 Å². The fraction of sp³-hybridized carbons (Fsp3) is 0.286. The van der Waals surface area contributed by atoms with Crippen LogP contribution in [0.5, 0.6) is 11.5 Å². The van der Waals surface area contributed by atoms with Gasteiger partial charge in [0.15, 0.2) is 22.5 Å². The molecule has 7 nitrogen and oxygen atoms in total. The molecular formula is C21H22N4O3S. The molecule has 150 valence electrons. The minimum atomic E-state index is -0.347. The highest BCUT2D eigenvalue weighted by Gasteiger charge is 2.21. The topological polar surface area (TPSA) is 78.3 Å². The lowest BCUT2D eigenvalue weighted by atomic mass is 10.1. The predicted octanol–water partition coefficient (Wildman–Crippen LogP) is 4.12. The summed E-state index contributed by atoms with van der Waals surface area (Å²) in [7, 11) is 0. The van der Waals surface area contributed by atoms with Crippen LogP contribution in [0.2, 0.25) is 0 Å². The molecule has 0 fully saturated rings. The zero-order valence-electron chi connectivity index (χ0n) is 16.5. The van der Waals surface area contributed by atoms with E-state index in [4.69, 9.17) is 9.47 Å². The highest BCUT2D eigenvalue weighted by molar-refractivity contribution is 8.00. The summed E-state index contributed by atoms with van der Waals surface area (Å²) in [6.45, 7) is 6.87. The number of ether oxygens (including phenoxy) is 2. The molecule has 1 N–H and O–H groups in total. The molecule has 0 bridgehead atoms. The summed E-state index contributed by atoms with van der Waals surface area (Å²) >= 11 is 1.39. The van der Waals surface area contributed by atoms with Crippen molar-refractivity contribution in [1.29, 1.82) is 0 Å². The van der Waals surface area contributed by atoms with Gasteiger partial charge < -0.3 is 19.4 Å². The van der Waals surface area contributed by atoms with Gasteiger partial charge in [-0.2, -0.15) is 0 Å². The number of aromatic nitrogens is 3.